The molecule has 1 aliphatic rings. The van der Waals surface area contributed by atoms with Crippen molar-refractivity contribution in [2.75, 3.05) is 13.1 Å². The van der Waals surface area contributed by atoms with Gasteiger partial charge in [-0.1, -0.05) is 19.1 Å². The molecule has 2 rings (SSSR count). The van der Waals surface area contributed by atoms with Crippen LogP contribution >= 0.6 is 0 Å². The van der Waals surface area contributed by atoms with E-state index in [1.807, 2.05) is 25.1 Å². The summed E-state index contributed by atoms with van der Waals surface area (Å²) in [5.41, 5.74) is 2.79. The predicted molar refractivity (Wildman–Crippen MR) is 63.1 cm³/mol. The summed E-state index contributed by atoms with van der Waals surface area (Å²) >= 11 is 0. The van der Waals surface area contributed by atoms with E-state index in [4.69, 9.17) is 5.11 Å². The summed E-state index contributed by atoms with van der Waals surface area (Å²) in [4.78, 5) is 24.1. The Morgan fingerprint density at radius 1 is 1.47 bits per heavy atom. The van der Waals surface area contributed by atoms with Crippen LogP contribution in [-0.4, -0.2) is 35.0 Å². The lowest BCUT2D eigenvalue weighted by Gasteiger charge is -2.27. The van der Waals surface area contributed by atoms with Gasteiger partial charge in [0.15, 0.2) is 0 Å². The first-order chi connectivity index (χ1) is 8.11. The number of aliphatic carboxylic acids is 1. The topological polar surface area (TPSA) is 57.6 Å². The van der Waals surface area contributed by atoms with Gasteiger partial charge >= 0.3 is 5.97 Å². The highest BCUT2D eigenvalue weighted by Gasteiger charge is 2.25. The molecule has 1 heterocycles. The van der Waals surface area contributed by atoms with Crippen molar-refractivity contribution in [2.45, 2.75) is 19.8 Å². The number of aryl methyl sites for hydroxylation is 1. The van der Waals surface area contributed by atoms with Gasteiger partial charge in [-0.25, -0.2) is 0 Å². The zero-order valence-corrected chi connectivity index (χ0v) is 9.77. The van der Waals surface area contributed by atoms with Crippen LogP contribution in [0.25, 0.3) is 0 Å². The van der Waals surface area contributed by atoms with Crippen LogP contribution in [0.3, 0.4) is 0 Å². The van der Waals surface area contributed by atoms with Crippen LogP contribution < -0.4 is 0 Å². The normalized spacial score (nSPS) is 14.6. The molecule has 0 unspecified atom stereocenters. The van der Waals surface area contributed by atoms with Crippen LogP contribution in [-0.2, 0) is 17.6 Å². The summed E-state index contributed by atoms with van der Waals surface area (Å²) < 4.78 is 0. The van der Waals surface area contributed by atoms with E-state index >= 15 is 0 Å². The molecule has 4 heteroatoms. The van der Waals surface area contributed by atoms with E-state index in [-0.39, 0.29) is 12.5 Å². The van der Waals surface area contributed by atoms with Crippen molar-refractivity contribution in [3.8, 4) is 0 Å². The number of hydrogen-bond acceptors (Lipinski definition) is 2. The number of rotatable bonds is 3. The fraction of sp³-hybridized carbons (Fsp3) is 0.385. The average molecular weight is 233 g/mol. The first-order valence-electron chi connectivity index (χ1n) is 5.74. The lowest BCUT2D eigenvalue weighted by Crippen LogP contribution is -2.40. The molecule has 0 spiro atoms. The van der Waals surface area contributed by atoms with Crippen molar-refractivity contribution in [2.24, 2.45) is 0 Å². The number of fused-ring (bicyclic) bond motifs is 1. The Morgan fingerprint density at radius 3 is 2.88 bits per heavy atom. The average Bonchev–Trinajstić information content (AvgIpc) is 2.32. The number of benzene rings is 1. The van der Waals surface area contributed by atoms with E-state index < -0.39 is 5.97 Å². The van der Waals surface area contributed by atoms with Crippen LogP contribution in [0.15, 0.2) is 18.2 Å². The van der Waals surface area contributed by atoms with Gasteiger partial charge in [0.2, 0.25) is 0 Å². The molecule has 1 aromatic rings. The van der Waals surface area contributed by atoms with E-state index in [0.717, 1.165) is 24.0 Å². The molecule has 1 N–H and O–H groups in total. The van der Waals surface area contributed by atoms with Gasteiger partial charge in [0, 0.05) is 12.1 Å². The molecule has 0 radical (unpaired) electrons. The van der Waals surface area contributed by atoms with Gasteiger partial charge < -0.3 is 10.0 Å². The van der Waals surface area contributed by atoms with Crippen molar-refractivity contribution in [3.63, 3.8) is 0 Å². The monoisotopic (exact) mass is 233 g/mol. The molecule has 0 atom stereocenters. The lowest BCUT2D eigenvalue weighted by molar-refractivity contribution is -0.137. The van der Waals surface area contributed by atoms with Crippen LogP contribution in [0, 0.1) is 0 Å². The second-order valence-corrected chi connectivity index (χ2v) is 4.22. The van der Waals surface area contributed by atoms with E-state index in [1.165, 1.54) is 4.90 Å². The van der Waals surface area contributed by atoms with E-state index in [2.05, 4.69) is 0 Å². The molecular formula is C13H15NO3. The standard InChI is InChI=1S/C13H15NO3/c1-2-9-3-4-10-5-6-14(8-12(15)16)13(17)11(10)7-9/h3-4,7H,2,5-6,8H2,1H3,(H,15,16). The fourth-order valence-corrected chi connectivity index (χ4v) is 2.10. The summed E-state index contributed by atoms with van der Waals surface area (Å²) in [6.07, 6.45) is 1.61. The molecule has 1 aliphatic heterocycles. The second-order valence-electron chi connectivity index (χ2n) is 4.22. The molecule has 90 valence electrons. The van der Waals surface area contributed by atoms with Crippen LogP contribution in [0.4, 0.5) is 0 Å². The summed E-state index contributed by atoms with van der Waals surface area (Å²) in [6, 6.07) is 5.88. The Kier molecular flexibility index (Phi) is 3.13. The molecule has 0 fully saturated rings. The highest BCUT2D eigenvalue weighted by molar-refractivity contribution is 5.98. The molecule has 1 amide bonds. The summed E-state index contributed by atoms with van der Waals surface area (Å²) in [5.74, 6) is -1.13. The minimum absolute atomic E-state index is 0.163. The maximum atomic E-state index is 12.1. The number of nitrogens with zero attached hydrogens (tertiary/aromatic N) is 1. The van der Waals surface area contributed by atoms with Gasteiger partial charge in [-0.15, -0.1) is 0 Å². The first-order valence-corrected chi connectivity index (χ1v) is 5.74. The van der Waals surface area contributed by atoms with Gasteiger partial charge in [0.05, 0.1) is 0 Å². The first kappa shape index (κ1) is 11.6. The number of carboxylic acids is 1. The quantitative estimate of drug-likeness (QED) is 0.856. The van der Waals surface area contributed by atoms with Gasteiger partial charge in [0.25, 0.3) is 5.91 Å². The molecular weight excluding hydrogens is 218 g/mol. The Balaban J connectivity index is 2.30. The molecule has 17 heavy (non-hydrogen) atoms. The van der Waals surface area contributed by atoms with E-state index in [0.29, 0.717) is 12.1 Å². The van der Waals surface area contributed by atoms with E-state index in [9.17, 15) is 9.59 Å². The zero-order chi connectivity index (χ0) is 12.4. The van der Waals surface area contributed by atoms with Crippen LogP contribution in [0.5, 0.6) is 0 Å². The lowest BCUT2D eigenvalue weighted by atomic mass is 9.96. The Hall–Kier alpha value is -1.84. The predicted octanol–water partition coefficient (Wildman–Crippen LogP) is 1.33. The molecule has 0 bridgehead atoms. The molecule has 4 nitrogen and oxygen atoms in total. The second kappa shape index (κ2) is 4.57. The largest absolute Gasteiger partial charge is 0.480 e. The molecule has 0 aromatic heterocycles. The van der Waals surface area contributed by atoms with E-state index in [1.54, 1.807) is 0 Å². The van der Waals surface area contributed by atoms with Gasteiger partial charge in [-0.3, -0.25) is 9.59 Å². The number of hydrogen-bond donors (Lipinski definition) is 1. The van der Waals surface area contributed by atoms with Crippen molar-refractivity contribution < 1.29 is 14.7 Å². The van der Waals surface area contributed by atoms with Crippen molar-refractivity contribution >= 4 is 11.9 Å². The minimum atomic E-state index is -0.964. The van der Waals surface area contributed by atoms with Crippen molar-refractivity contribution in [1.82, 2.24) is 4.90 Å². The number of carbonyl (C=O) groups is 2. The molecule has 0 saturated carbocycles. The molecule has 1 aromatic carbocycles. The third kappa shape index (κ3) is 2.30. The Bertz CT molecular complexity index is 468. The third-order valence-electron chi connectivity index (χ3n) is 3.08. The Labute approximate surface area is 99.9 Å². The summed E-state index contributed by atoms with van der Waals surface area (Å²) in [6.45, 7) is 2.31. The molecule has 0 aliphatic carbocycles. The van der Waals surface area contributed by atoms with Crippen LogP contribution in [0.2, 0.25) is 0 Å². The number of amides is 1. The number of carbonyl (C=O) groups excluding carboxylic acids is 1. The molecule has 0 saturated heterocycles. The smallest absolute Gasteiger partial charge is 0.323 e. The third-order valence-corrected chi connectivity index (χ3v) is 3.08. The highest BCUT2D eigenvalue weighted by Crippen LogP contribution is 2.20. The maximum Gasteiger partial charge on any atom is 0.323 e. The number of carboxylic acid groups (broad SMARTS) is 1. The van der Waals surface area contributed by atoms with Crippen molar-refractivity contribution in [1.29, 1.82) is 0 Å². The van der Waals surface area contributed by atoms with Gasteiger partial charge in [-0.2, -0.15) is 0 Å². The Morgan fingerprint density at radius 2 is 2.24 bits per heavy atom. The highest BCUT2D eigenvalue weighted by atomic mass is 16.4. The SMILES string of the molecule is CCc1ccc2c(c1)C(=O)N(CC(=O)O)CC2. The summed E-state index contributed by atoms with van der Waals surface area (Å²) in [5, 5.41) is 8.74. The maximum absolute atomic E-state index is 12.1. The minimum Gasteiger partial charge on any atom is -0.480 e. The van der Waals surface area contributed by atoms with Gasteiger partial charge in [-0.05, 0) is 30.0 Å². The van der Waals surface area contributed by atoms with Gasteiger partial charge in [0.1, 0.15) is 6.54 Å². The van der Waals surface area contributed by atoms with Crippen molar-refractivity contribution in [3.05, 3.63) is 34.9 Å². The zero-order valence-electron chi connectivity index (χ0n) is 9.77. The summed E-state index contributed by atoms with van der Waals surface area (Å²) in [7, 11) is 0. The fourth-order valence-electron chi connectivity index (χ4n) is 2.10. The van der Waals surface area contributed by atoms with Crippen LogP contribution in [0.1, 0.15) is 28.4 Å².